The maximum atomic E-state index is 12.0. The summed E-state index contributed by atoms with van der Waals surface area (Å²) in [4.78, 5) is 18.0. The first-order valence-corrected chi connectivity index (χ1v) is 9.68. The largest absolute Gasteiger partial charge is 0.490 e. The SMILES string of the molecule is CN=C(NCc1cccc2c1OCCCO2)NC1CN(C(=O)OC(C)(C)C)C1.I. The Hall–Kier alpha value is -1.91. The van der Waals surface area contributed by atoms with E-state index in [2.05, 4.69) is 15.6 Å². The summed E-state index contributed by atoms with van der Waals surface area (Å²) in [6.07, 6.45) is 0.596. The van der Waals surface area contributed by atoms with Crippen LogP contribution in [-0.2, 0) is 11.3 Å². The van der Waals surface area contributed by atoms with Crippen LogP contribution in [0, 0.1) is 0 Å². The summed E-state index contributed by atoms with van der Waals surface area (Å²) in [6.45, 7) is 8.67. The second kappa shape index (κ2) is 10.2. The number of aliphatic imine (C=N–C) groups is 1. The van der Waals surface area contributed by atoms with E-state index < -0.39 is 5.60 Å². The number of hydrogen-bond acceptors (Lipinski definition) is 5. The van der Waals surface area contributed by atoms with Gasteiger partial charge in [0.15, 0.2) is 17.5 Å². The van der Waals surface area contributed by atoms with Gasteiger partial charge in [0.1, 0.15) is 5.60 Å². The number of rotatable bonds is 3. The van der Waals surface area contributed by atoms with Gasteiger partial charge in [-0.3, -0.25) is 4.99 Å². The van der Waals surface area contributed by atoms with Crippen molar-refractivity contribution in [1.82, 2.24) is 15.5 Å². The zero-order valence-corrected chi connectivity index (χ0v) is 19.8. The molecule has 2 aliphatic heterocycles. The molecule has 1 aromatic carbocycles. The number of nitrogens with zero attached hydrogens (tertiary/aromatic N) is 2. The highest BCUT2D eigenvalue weighted by atomic mass is 127. The minimum absolute atomic E-state index is 0. The first kappa shape index (κ1) is 23.4. The third kappa shape index (κ3) is 6.55. The van der Waals surface area contributed by atoms with Crippen LogP contribution in [0.25, 0.3) is 0 Å². The number of amides is 1. The van der Waals surface area contributed by atoms with Gasteiger partial charge in [-0.15, -0.1) is 24.0 Å². The zero-order chi connectivity index (χ0) is 20.1. The molecule has 1 aromatic rings. The van der Waals surface area contributed by atoms with E-state index in [0.717, 1.165) is 23.5 Å². The standard InChI is InChI=1S/C20H30N4O4.HI/c1-20(2,3)28-19(25)24-12-15(13-24)23-18(21-4)22-11-14-7-5-8-16-17(14)27-10-6-9-26-16;/h5,7-8,15H,6,9-13H2,1-4H3,(H2,21,22,23);1H. The third-order valence-corrected chi connectivity index (χ3v) is 4.40. The minimum Gasteiger partial charge on any atom is -0.490 e. The highest BCUT2D eigenvalue weighted by molar-refractivity contribution is 14.0. The summed E-state index contributed by atoms with van der Waals surface area (Å²) in [7, 11) is 1.73. The number of ether oxygens (including phenoxy) is 3. The molecule has 1 amide bonds. The smallest absolute Gasteiger partial charge is 0.410 e. The fraction of sp³-hybridized carbons (Fsp3) is 0.600. The Morgan fingerprint density at radius 1 is 1.28 bits per heavy atom. The van der Waals surface area contributed by atoms with Gasteiger partial charge in [0.25, 0.3) is 0 Å². The normalized spacial score (nSPS) is 16.8. The third-order valence-electron chi connectivity index (χ3n) is 4.40. The van der Waals surface area contributed by atoms with Gasteiger partial charge in [-0.1, -0.05) is 12.1 Å². The number of benzene rings is 1. The number of para-hydroxylation sites is 1. The molecule has 0 spiro atoms. The van der Waals surface area contributed by atoms with Crippen LogP contribution >= 0.6 is 24.0 Å². The number of guanidine groups is 1. The molecular formula is C20H31IN4O4. The van der Waals surface area contributed by atoms with Crippen LogP contribution in [0.15, 0.2) is 23.2 Å². The van der Waals surface area contributed by atoms with Crippen LogP contribution in [-0.4, -0.2) is 61.9 Å². The number of nitrogens with one attached hydrogen (secondary N) is 2. The molecule has 0 unspecified atom stereocenters. The van der Waals surface area contributed by atoms with Crippen molar-refractivity contribution >= 4 is 36.0 Å². The van der Waals surface area contributed by atoms with Crippen molar-refractivity contribution in [2.75, 3.05) is 33.4 Å². The van der Waals surface area contributed by atoms with Crippen LogP contribution in [0.2, 0.25) is 0 Å². The lowest BCUT2D eigenvalue weighted by Gasteiger charge is -2.40. The molecule has 1 fully saturated rings. The quantitative estimate of drug-likeness (QED) is 0.364. The van der Waals surface area contributed by atoms with E-state index in [1.807, 2.05) is 39.0 Å². The predicted octanol–water partition coefficient (Wildman–Crippen LogP) is 2.75. The monoisotopic (exact) mass is 518 g/mol. The summed E-state index contributed by atoms with van der Waals surface area (Å²) in [5, 5.41) is 6.64. The maximum Gasteiger partial charge on any atom is 0.410 e. The fourth-order valence-electron chi connectivity index (χ4n) is 3.01. The van der Waals surface area contributed by atoms with Crippen LogP contribution in [0.1, 0.15) is 32.8 Å². The van der Waals surface area contributed by atoms with Crippen molar-refractivity contribution in [3.8, 4) is 11.5 Å². The Morgan fingerprint density at radius 3 is 2.69 bits per heavy atom. The van der Waals surface area contributed by atoms with E-state index in [0.29, 0.717) is 38.8 Å². The Morgan fingerprint density at radius 2 is 2.00 bits per heavy atom. The average Bonchev–Trinajstić information content (AvgIpc) is 2.84. The Balaban J connectivity index is 0.00000300. The molecule has 0 aliphatic carbocycles. The molecule has 0 radical (unpaired) electrons. The molecule has 9 heteroatoms. The van der Waals surface area contributed by atoms with Gasteiger partial charge in [-0.25, -0.2) is 4.79 Å². The van der Waals surface area contributed by atoms with Crippen molar-refractivity contribution in [3.63, 3.8) is 0 Å². The summed E-state index contributed by atoms with van der Waals surface area (Å²) in [6, 6.07) is 6.05. The molecule has 2 aliphatic rings. The molecule has 162 valence electrons. The zero-order valence-electron chi connectivity index (χ0n) is 17.5. The lowest BCUT2D eigenvalue weighted by molar-refractivity contribution is 0.00701. The van der Waals surface area contributed by atoms with Gasteiger partial charge >= 0.3 is 6.09 Å². The lowest BCUT2D eigenvalue weighted by Crippen LogP contribution is -2.63. The van der Waals surface area contributed by atoms with Crippen LogP contribution in [0.4, 0.5) is 4.79 Å². The van der Waals surface area contributed by atoms with Crippen molar-refractivity contribution in [1.29, 1.82) is 0 Å². The average molecular weight is 518 g/mol. The number of carbonyl (C=O) groups is 1. The van der Waals surface area contributed by atoms with Crippen LogP contribution in [0.5, 0.6) is 11.5 Å². The highest BCUT2D eigenvalue weighted by Crippen LogP contribution is 2.33. The second-order valence-electron chi connectivity index (χ2n) is 7.95. The number of halogens is 1. The maximum absolute atomic E-state index is 12.0. The minimum atomic E-state index is -0.479. The van der Waals surface area contributed by atoms with Gasteiger partial charge < -0.3 is 29.7 Å². The first-order chi connectivity index (χ1) is 13.4. The van der Waals surface area contributed by atoms with Crippen LogP contribution < -0.4 is 20.1 Å². The molecule has 2 N–H and O–H groups in total. The van der Waals surface area contributed by atoms with E-state index >= 15 is 0 Å². The van der Waals surface area contributed by atoms with E-state index in [9.17, 15) is 4.79 Å². The fourth-order valence-corrected chi connectivity index (χ4v) is 3.01. The highest BCUT2D eigenvalue weighted by Gasteiger charge is 2.34. The van der Waals surface area contributed by atoms with Gasteiger partial charge in [0, 0.05) is 38.7 Å². The Bertz CT molecular complexity index is 730. The Labute approximate surface area is 189 Å². The van der Waals surface area contributed by atoms with E-state index in [-0.39, 0.29) is 36.1 Å². The van der Waals surface area contributed by atoms with E-state index in [4.69, 9.17) is 14.2 Å². The summed E-state index contributed by atoms with van der Waals surface area (Å²) < 4.78 is 17.0. The van der Waals surface area contributed by atoms with E-state index in [1.54, 1.807) is 11.9 Å². The number of fused-ring (bicyclic) bond motifs is 1. The molecule has 0 aromatic heterocycles. The lowest BCUT2D eigenvalue weighted by atomic mass is 10.1. The molecule has 2 heterocycles. The molecule has 8 nitrogen and oxygen atoms in total. The Kier molecular flexibility index (Phi) is 8.23. The van der Waals surface area contributed by atoms with Gasteiger partial charge in [0.2, 0.25) is 0 Å². The molecule has 0 saturated carbocycles. The molecule has 0 atom stereocenters. The number of hydrogen-bond donors (Lipinski definition) is 2. The van der Waals surface area contributed by atoms with Gasteiger partial charge in [-0.05, 0) is 26.8 Å². The van der Waals surface area contributed by atoms with Crippen LogP contribution in [0.3, 0.4) is 0 Å². The molecule has 3 rings (SSSR count). The number of carbonyl (C=O) groups excluding carboxylic acids is 1. The van der Waals surface area contributed by atoms with Gasteiger partial charge in [0.05, 0.1) is 19.3 Å². The van der Waals surface area contributed by atoms with Crippen molar-refractivity contribution in [3.05, 3.63) is 23.8 Å². The predicted molar refractivity (Wildman–Crippen MR) is 122 cm³/mol. The molecule has 29 heavy (non-hydrogen) atoms. The van der Waals surface area contributed by atoms with Gasteiger partial charge in [-0.2, -0.15) is 0 Å². The first-order valence-electron chi connectivity index (χ1n) is 9.68. The second-order valence-corrected chi connectivity index (χ2v) is 7.95. The van der Waals surface area contributed by atoms with Crippen molar-refractivity contribution < 1.29 is 19.0 Å². The molecular weight excluding hydrogens is 487 g/mol. The van der Waals surface area contributed by atoms with Crippen molar-refractivity contribution in [2.24, 2.45) is 4.99 Å². The number of likely N-dealkylation sites (tertiary alicyclic amines) is 1. The topological polar surface area (TPSA) is 84.4 Å². The van der Waals surface area contributed by atoms with E-state index in [1.165, 1.54) is 0 Å². The van der Waals surface area contributed by atoms with Crippen molar-refractivity contribution in [2.45, 2.75) is 45.4 Å². The summed E-state index contributed by atoms with van der Waals surface area (Å²) >= 11 is 0. The molecule has 1 saturated heterocycles. The summed E-state index contributed by atoms with van der Waals surface area (Å²) in [5.74, 6) is 2.26. The summed E-state index contributed by atoms with van der Waals surface area (Å²) in [5.41, 5.74) is 0.540. The molecule has 0 bridgehead atoms.